The zero-order valence-electron chi connectivity index (χ0n) is 8.34. The fourth-order valence-electron chi connectivity index (χ4n) is 1.86. The Morgan fingerprint density at radius 2 is 2.20 bits per heavy atom. The smallest absolute Gasteiger partial charge is 0.310 e. The molecule has 1 aliphatic rings. The van der Waals surface area contributed by atoms with E-state index in [2.05, 4.69) is 5.32 Å². The van der Waals surface area contributed by atoms with Gasteiger partial charge in [0.25, 0.3) is 0 Å². The van der Waals surface area contributed by atoms with Crippen molar-refractivity contribution in [2.75, 3.05) is 13.1 Å². The van der Waals surface area contributed by atoms with E-state index in [0.29, 0.717) is 13.0 Å². The first kappa shape index (κ1) is 14.6. The normalized spacial score (nSPS) is 26.1. The van der Waals surface area contributed by atoms with Crippen LogP contribution >= 0.6 is 12.4 Å². The van der Waals surface area contributed by atoms with E-state index in [-0.39, 0.29) is 25.2 Å². The molecule has 0 aromatic carbocycles. The number of nitrogens with one attached hydrogen (secondary N) is 1. The molecule has 1 atom stereocenters. The molecule has 0 spiro atoms. The number of carboxylic acid groups (broad SMARTS) is 1. The van der Waals surface area contributed by atoms with Crippen LogP contribution < -0.4 is 5.32 Å². The molecule has 3 nitrogen and oxygen atoms in total. The Balaban J connectivity index is 0.00000196. The molecule has 0 amide bonds. The minimum Gasteiger partial charge on any atom is -0.481 e. The third-order valence-electron chi connectivity index (χ3n) is 2.77. The molecule has 1 heterocycles. The van der Waals surface area contributed by atoms with Gasteiger partial charge in [0.2, 0.25) is 6.43 Å². The minimum atomic E-state index is -2.41. The molecular weight excluding hydrogens is 228 g/mol. The number of piperidine rings is 1. The fraction of sp³-hybridized carbons (Fsp3) is 0.889. The lowest BCUT2D eigenvalue weighted by Crippen LogP contribution is -2.45. The summed E-state index contributed by atoms with van der Waals surface area (Å²) in [6, 6.07) is 0. The topological polar surface area (TPSA) is 49.3 Å². The van der Waals surface area contributed by atoms with E-state index < -0.39 is 17.8 Å². The highest BCUT2D eigenvalue weighted by Crippen LogP contribution is 2.32. The van der Waals surface area contributed by atoms with Crippen molar-refractivity contribution >= 4 is 18.4 Å². The van der Waals surface area contributed by atoms with Crippen molar-refractivity contribution in [1.29, 1.82) is 0 Å². The van der Waals surface area contributed by atoms with Gasteiger partial charge in [-0.2, -0.15) is 0 Å². The first-order chi connectivity index (χ1) is 6.57. The monoisotopic (exact) mass is 243 g/mol. The third kappa shape index (κ3) is 3.91. The molecule has 1 aliphatic heterocycles. The molecule has 0 saturated carbocycles. The van der Waals surface area contributed by atoms with Crippen LogP contribution in [0.2, 0.25) is 0 Å². The highest BCUT2D eigenvalue weighted by molar-refractivity contribution is 5.85. The van der Waals surface area contributed by atoms with Crippen molar-refractivity contribution in [3.63, 3.8) is 0 Å². The van der Waals surface area contributed by atoms with Crippen LogP contribution in [0.5, 0.6) is 0 Å². The van der Waals surface area contributed by atoms with Crippen molar-refractivity contribution in [2.24, 2.45) is 5.41 Å². The Morgan fingerprint density at radius 3 is 2.60 bits per heavy atom. The average molecular weight is 244 g/mol. The molecule has 6 heteroatoms. The summed E-state index contributed by atoms with van der Waals surface area (Å²) < 4.78 is 24.0. The molecule has 1 rings (SSSR count). The summed E-state index contributed by atoms with van der Waals surface area (Å²) in [5.74, 6) is -0.953. The van der Waals surface area contributed by atoms with Gasteiger partial charge in [-0.3, -0.25) is 4.79 Å². The molecular formula is C9H16ClF2NO2. The van der Waals surface area contributed by atoms with Crippen molar-refractivity contribution in [3.05, 3.63) is 0 Å². The fourth-order valence-corrected chi connectivity index (χ4v) is 1.86. The van der Waals surface area contributed by atoms with Gasteiger partial charge in [0.05, 0.1) is 5.41 Å². The number of halogens is 3. The Labute approximate surface area is 93.6 Å². The average Bonchev–Trinajstić information content (AvgIpc) is 2.16. The lowest BCUT2D eigenvalue weighted by molar-refractivity contribution is -0.151. The van der Waals surface area contributed by atoms with Crippen LogP contribution in [0.4, 0.5) is 8.78 Å². The van der Waals surface area contributed by atoms with Gasteiger partial charge in [-0.05, 0) is 25.8 Å². The summed E-state index contributed by atoms with van der Waals surface area (Å²) in [5, 5.41) is 12.0. The number of hydrogen-bond donors (Lipinski definition) is 2. The maximum atomic E-state index is 12.0. The molecule has 15 heavy (non-hydrogen) atoms. The molecule has 1 fully saturated rings. The standard InChI is InChI=1S/C9H15F2NO2.ClH/c10-7(11)2-4-9(8(13)14)3-1-5-12-6-9;/h7,12H,1-6H2,(H,13,14);1H. The van der Waals surface area contributed by atoms with Gasteiger partial charge in [0.1, 0.15) is 0 Å². The van der Waals surface area contributed by atoms with Gasteiger partial charge in [-0.1, -0.05) is 0 Å². The van der Waals surface area contributed by atoms with Gasteiger partial charge >= 0.3 is 5.97 Å². The summed E-state index contributed by atoms with van der Waals surface area (Å²) in [4.78, 5) is 11.0. The van der Waals surface area contributed by atoms with Crippen molar-refractivity contribution in [3.8, 4) is 0 Å². The second-order valence-corrected chi connectivity index (χ2v) is 3.80. The molecule has 2 N–H and O–H groups in total. The van der Waals surface area contributed by atoms with Gasteiger partial charge in [-0.25, -0.2) is 8.78 Å². The first-order valence-electron chi connectivity index (χ1n) is 4.79. The maximum Gasteiger partial charge on any atom is 0.310 e. The summed E-state index contributed by atoms with van der Waals surface area (Å²) in [5.41, 5.74) is -0.964. The summed E-state index contributed by atoms with van der Waals surface area (Å²) in [7, 11) is 0. The van der Waals surface area contributed by atoms with E-state index in [9.17, 15) is 13.6 Å². The molecule has 0 aromatic heterocycles. The highest BCUT2D eigenvalue weighted by atomic mass is 35.5. The Bertz CT molecular complexity index is 208. The number of rotatable bonds is 4. The van der Waals surface area contributed by atoms with Crippen LogP contribution in [-0.4, -0.2) is 30.6 Å². The van der Waals surface area contributed by atoms with Crippen LogP contribution in [0.3, 0.4) is 0 Å². The maximum absolute atomic E-state index is 12.0. The van der Waals surface area contributed by atoms with Crippen molar-refractivity contribution < 1.29 is 18.7 Å². The molecule has 0 aliphatic carbocycles. The SMILES string of the molecule is Cl.O=C(O)C1(CCC(F)F)CCCNC1. The van der Waals surface area contributed by atoms with Crippen LogP contribution in [0.25, 0.3) is 0 Å². The van der Waals surface area contributed by atoms with Crippen LogP contribution in [0.1, 0.15) is 25.7 Å². The first-order valence-corrected chi connectivity index (χ1v) is 4.79. The zero-order valence-corrected chi connectivity index (χ0v) is 9.16. The lowest BCUT2D eigenvalue weighted by Gasteiger charge is -2.33. The van der Waals surface area contributed by atoms with E-state index in [0.717, 1.165) is 13.0 Å². The van der Waals surface area contributed by atoms with Crippen LogP contribution in [-0.2, 0) is 4.79 Å². The quantitative estimate of drug-likeness (QED) is 0.793. The second kappa shape index (κ2) is 6.23. The molecule has 0 aromatic rings. The molecule has 1 unspecified atom stereocenters. The summed E-state index contributed by atoms with van der Waals surface area (Å²) in [6.07, 6.45) is -1.42. The van der Waals surface area contributed by atoms with E-state index in [1.165, 1.54) is 0 Å². The van der Waals surface area contributed by atoms with E-state index in [4.69, 9.17) is 5.11 Å². The van der Waals surface area contributed by atoms with Crippen molar-refractivity contribution in [2.45, 2.75) is 32.1 Å². The van der Waals surface area contributed by atoms with Gasteiger partial charge in [-0.15, -0.1) is 12.4 Å². The number of aliphatic carboxylic acids is 1. The van der Waals surface area contributed by atoms with Gasteiger partial charge < -0.3 is 10.4 Å². The van der Waals surface area contributed by atoms with Gasteiger partial charge in [0.15, 0.2) is 0 Å². The molecule has 0 radical (unpaired) electrons. The lowest BCUT2D eigenvalue weighted by atomic mass is 9.77. The second-order valence-electron chi connectivity index (χ2n) is 3.80. The number of alkyl halides is 2. The predicted molar refractivity (Wildman–Crippen MR) is 54.7 cm³/mol. The van der Waals surface area contributed by atoms with Crippen molar-refractivity contribution in [1.82, 2.24) is 5.32 Å². The third-order valence-corrected chi connectivity index (χ3v) is 2.77. The Morgan fingerprint density at radius 1 is 1.53 bits per heavy atom. The van der Waals surface area contributed by atoms with E-state index in [1.54, 1.807) is 0 Å². The molecule has 1 saturated heterocycles. The Kier molecular flexibility index (Phi) is 6.05. The van der Waals surface area contributed by atoms with Gasteiger partial charge in [0, 0.05) is 13.0 Å². The number of carboxylic acids is 1. The summed E-state index contributed by atoms with van der Waals surface area (Å²) in [6.45, 7) is 1.10. The molecule has 90 valence electrons. The van der Waals surface area contributed by atoms with E-state index in [1.807, 2.05) is 0 Å². The van der Waals surface area contributed by atoms with Crippen LogP contribution in [0.15, 0.2) is 0 Å². The largest absolute Gasteiger partial charge is 0.481 e. The number of carbonyl (C=O) groups is 1. The van der Waals surface area contributed by atoms with Crippen LogP contribution in [0, 0.1) is 5.41 Å². The Hall–Kier alpha value is -0.420. The highest BCUT2D eigenvalue weighted by Gasteiger charge is 2.39. The molecule has 0 bridgehead atoms. The number of hydrogen-bond acceptors (Lipinski definition) is 2. The predicted octanol–water partition coefficient (Wildman–Crippen LogP) is 1.91. The van der Waals surface area contributed by atoms with E-state index >= 15 is 0 Å². The minimum absolute atomic E-state index is 0. The summed E-state index contributed by atoms with van der Waals surface area (Å²) >= 11 is 0. The zero-order chi connectivity index (χ0) is 10.6.